The zero-order chi connectivity index (χ0) is 13.3. The van der Waals surface area contributed by atoms with Crippen LogP contribution in [0.15, 0.2) is 36.4 Å². The van der Waals surface area contributed by atoms with Crippen molar-refractivity contribution in [1.82, 2.24) is 0 Å². The lowest BCUT2D eigenvalue weighted by Gasteiger charge is -2.08. The first-order valence-electron chi connectivity index (χ1n) is 5.90. The molecule has 0 unspecified atom stereocenters. The molecule has 0 heterocycles. The number of aryl methyl sites for hydroxylation is 3. The summed E-state index contributed by atoms with van der Waals surface area (Å²) in [5.41, 5.74) is 3.98. The maximum Gasteiger partial charge on any atom is 0.197 e. The summed E-state index contributed by atoms with van der Waals surface area (Å²) in [7, 11) is 0. The van der Waals surface area contributed by atoms with Gasteiger partial charge in [0.05, 0.1) is 5.56 Å². The molecule has 0 saturated heterocycles. The smallest absolute Gasteiger partial charge is 0.197 e. The first kappa shape index (κ1) is 12.4. The van der Waals surface area contributed by atoms with Crippen molar-refractivity contribution < 1.29 is 9.90 Å². The van der Waals surface area contributed by atoms with Crippen LogP contribution in [0.3, 0.4) is 0 Å². The number of ketones is 1. The lowest BCUT2D eigenvalue weighted by molar-refractivity contribution is 0.103. The molecular formula is C16H16O2. The molecule has 0 amide bonds. The molecule has 0 atom stereocenters. The molecule has 1 N–H and O–H groups in total. The predicted molar refractivity (Wildman–Crippen MR) is 72.2 cm³/mol. The van der Waals surface area contributed by atoms with Gasteiger partial charge in [0.25, 0.3) is 0 Å². The van der Waals surface area contributed by atoms with Gasteiger partial charge >= 0.3 is 0 Å². The normalized spacial score (nSPS) is 10.4. The molecule has 2 rings (SSSR count). The summed E-state index contributed by atoms with van der Waals surface area (Å²) in [5, 5.41) is 9.85. The third kappa shape index (κ3) is 2.28. The van der Waals surface area contributed by atoms with Crippen molar-refractivity contribution in [2.45, 2.75) is 20.8 Å². The van der Waals surface area contributed by atoms with Crippen molar-refractivity contribution in [2.75, 3.05) is 0 Å². The first-order valence-corrected chi connectivity index (χ1v) is 5.90. The lowest BCUT2D eigenvalue weighted by Crippen LogP contribution is -2.04. The van der Waals surface area contributed by atoms with Crippen LogP contribution in [-0.4, -0.2) is 10.9 Å². The molecule has 18 heavy (non-hydrogen) atoms. The molecule has 0 saturated carbocycles. The van der Waals surface area contributed by atoms with E-state index in [9.17, 15) is 9.90 Å². The van der Waals surface area contributed by atoms with E-state index in [0.29, 0.717) is 11.1 Å². The van der Waals surface area contributed by atoms with E-state index < -0.39 is 0 Å². The summed E-state index contributed by atoms with van der Waals surface area (Å²) in [6, 6.07) is 10.8. The van der Waals surface area contributed by atoms with Gasteiger partial charge in [-0.25, -0.2) is 0 Å². The van der Waals surface area contributed by atoms with Crippen molar-refractivity contribution in [3.05, 3.63) is 64.2 Å². The van der Waals surface area contributed by atoms with Crippen LogP contribution in [0.1, 0.15) is 32.6 Å². The van der Waals surface area contributed by atoms with E-state index >= 15 is 0 Å². The Morgan fingerprint density at radius 1 is 0.889 bits per heavy atom. The molecule has 0 aliphatic heterocycles. The van der Waals surface area contributed by atoms with Crippen LogP contribution >= 0.6 is 0 Å². The predicted octanol–water partition coefficient (Wildman–Crippen LogP) is 3.55. The Labute approximate surface area is 107 Å². The van der Waals surface area contributed by atoms with Gasteiger partial charge in [-0.3, -0.25) is 4.79 Å². The van der Waals surface area contributed by atoms with Crippen LogP contribution in [0.5, 0.6) is 5.75 Å². The van der Waals surface area contributed by atoms with Crippen molar-refractivity contribution in [3.63, 3.8) is 0 Å². The fraction of sp³-hybridized carbons (Fsp3) is 0.188. The largest absolute Gasteiger partial charge is 0.507 e. The summed E-state index contributed by atoms with van der Waals surface area (Å²) in [4.78, 5) is 12.4. The molecule has 0 spiro atoms. The minimum atomic E-state index is -0.134. The third-order valence-electron chi connectivity index (χ3n) is 3.02. The van der Waals surface area contributed by atoms with Crippen LogP contribution in [0.2, 0.25) is 0 Å². The lowest BCUT2D eigenvalue weighted by atomic mass is 9.96. The van der Waals surface area contributed by atoms with Crippen LogP contribution in [0.25, 0.3) is 0 Å². The molecule has 2 heteroatoms. The number of benzene rings is 2. The fourth-order valence-corrected chi connectivity index (χ4v) is 2.05. The summed E-state index contributed by atoms with van der Waals surface area (Å²) in [5.74, 6) is -0.0926. The number of carbonyl (C=O) groups excluding carboxylic acids is 1. The van der Waals surface area contributed by atoms with E-state index in [1.807, 2.05) is 45.0 Å². The van der Waals surface area contributed by atoms with E-state index in [1.165, 1.54) is 0 Å². The Bertz CT molecular complexity index is 559. The molecular weight excluding hydrogens is 224 g/mol. The number of aromatic hydroxyl groups is 1. The molecule has 2 aromatic rings. The van der Waals surface area contributed by atoms with Gasteiger partial charge < -0.3 is 5.11 Å². The average Bonchev–Trinajstić information content (AvgIpc) is 2.28. The van der Waals surface area contributed by atoms with E-state index in [2.05, 4.69) is 0 Å². The molecule has 0 aliphatic carbocycles. The molecule has 92 valence electrons. The zero-order valence-electron chi connectivity index (χ0n) is 10.8. The maximum absolute atomic E-state index is 12.4. The number of phenols is 1. The zero-order valence-corrected chi connectivity index (χ0v) is 10.8. The second-order valence-electron chi connectivity index (χ2n) is 4.67. The van der Waals surface area contributed by atoms with E-state index in [0.717, 1.165) is 16.7 Å². The summed E-state index contributed by atoms with van der Waals surface area (Å²) in [6.45, 7) is 5.78. The number of phenolic OH excluding ortho intramolecular Hbond substituents is 1. The van der Waals surface area contributed by atoms with Gasteiger partial charge in [-0.1, -0.05) is 29.8 Å². The molecule has 0 bridgehead atoms. The second-order valence-corrected chi connectivity index (χ2v) is 4.67. The Hall–Kier alpha value is -2.09. The van der Waals surface area contributed by atoms with E-state index in [1.54, 1.807) is 12.1 Å². The summed E-state index contributed by atoms with van der Waals surface area (Å²) >= 11 is 0. The SMILES string of the molecule is Cc1ccc(C(=O)c2ccc(C)cc2O)c(C)c1. The maximum atomic E-state index is 12.4. The van der Waals surface area contributed by atoms with Gasteiger partial charge in [0, 0.05) is 5.56 Å². The third-order valence-corrected chi connectivity index (χ3v) is 3.02. The highest BCUT2D eigenvalue weighted by Gasteiger charge is 2.15. The van der Waals surface area contributed by atoms with Gasteiger partial charge in [-0.05, 0) is 44.0 Å². The Balaban J connectivity index is 2.48. The van der Waals surface area contributed by atoms with Crippen LogP contribution in [0.4, 0.5) is 0 Å². The molecule has 2 nitrogen and oxygen atoms in total. The Morgan fingerprint density at radius 3 is 2.00 bits per heavy atom. The quantitative estimate of drug-likeness (QED) is 0.815. The minimum Gasteiger partial charge on any atom is -0.507 e. The van der Waals surface area contributed by atoms with Gasteiger partial charge in [0.1, 0.15) is 5.75 Å². The highest BCUT2D eigenvalue weighted by Crippen LogP contribution is 2.23. The number of carbonyl (C=O) groups is 1. The number of hydrogen-bond acceptors (Lipinski definition) is 2. The molecule has 0 aliphatic rings. The molecule has 0 aromatic heterocycles. The summed E-state index contributed by atoms with van der Waals surface area (Å²) < 4.78 is 0. The van der Waals surface area contributed by atoms with E-state index in [4.69, 9.17) is 0 Å². The standard InChI is InChI=1S/C16H16O2/c1-10-4-6-13(12(3)8-10)16(18)14-7-5-11(2)9-15(14)17/h4-9,17H,1-3H3. The van der Waals surface area contributed by atoms with Gasteiger partial charge in [-0.2, -0.15) is 0 Å². The van der Waals surface area contributed by atoms with Crippen LogP contribution in [-0.2, 0) is 0 Å². The Kier molecular flexibility index (Phi) is 3.19. The van der Waals surface area contributed by atoms with Crippen LogP contribution < -0.4 is 0 Å². The van der Waals surface area contributed by atoms with Crippen molar-refractivity contribution in [1.29, 1.82) is 0 Å². The average molecular weight is 240 g/mol. The van der Waals surface area contributed by atoms with Gasteiger partial charge in [-0.15, -0.1) is 0 Å². The fourth-order valence-electron chi connectivity index (χ4n) is 2.05. The highest BCUT2D eigenvalue weighted by molar-refractivity contribution is 6.11. The first-order chi connectivity index (χ1) is 8.49. The molecule has 0 fully saturated rings. The Morgan fingerprint density at radius 2 is 1.44 bits per heavy atom. The molecule has 2 aromatic carbocycles. The van der Waals surface area contributed by atoms with Crippen LogP contribution in [0, 0.1) is 20.8 Å². The van der Waals surface area contributed by atoms with Crippen molar-refractivity contribution >= 4 is 5.78 Å². The van der Waals surface area contributed by atoms with Gasteiger partial charge in [0.15, 0.2) is 5.78 Å². The monoisotopic (exact) mass is 240 g/mol. The molecule has 0 radical (unpaired) electrons. The van der Waals surface area contributed by atoms with Crippen molar-refractivity contribution in [3.8, 4) is 5.75 Å². The van der Waals surface area contributed by atoms with Crippen molar-refractivity contribution in [2.24, 2.45) is 0 Å². The summed E-state index contributed by atoms with van der Waals surface area (Å²) in [6.07, 6.45) is 0. The van der Waals surface area contributed by atoms with E-state index in [-0.39, 0.29) is 11.5 Å². The number of rotatable bonds is 2. The highest BCUT2D eigenvalue weighted by atomic mass is 16.3. The number of hydrogen-bond donors (Lipinski definition) is 1. The van der Waals surface area contributed by atoms with Gasteiger partial charge in [0.2, 0.25) is 0 Å². The second kappa shape index (κ2) is 4.65. The minimum absolute atomic E-state index is 0.0416. The topological polar surface area (TPSA) is 37.3 Å².